The van der Waals surface area contributed by atoms with E-state index in [4.69, 9.17) is 4.74 Å². The maximum Gasteiger partial charge on any atom is 0.134 e. The average Bonchev–Trinajstić information content (AvgIpc) is 2.77. The van der Waals surface area contributed by atoms with Crippen molar-refractivity contribution in [3.8, 4) is 28.0 Å². The molecule has 0 aliphatic rings. The van der Waals surface area contributed by atoms with Gasteiger partial charge in [-0.2, -0.15) is 0 Å². The zero-order valence-corrected chi connectivity index (χ0v) is 17.2. The normalized spacial score (nSPS) is 11.1. The molecule has 0 aliphatic heterocycles. The van der Waals surface area contributed by atoms with Crippen LogP contribution in [-0.4, -0.2) is 7.11 Å². The van der Waals surface area contributed by atoms with E-state index >= 15 is 0 Å². The van der Waals surface area contributed by atoms with Gasteiger partial charge in [0.15, 0.2) is 0 Å². The van der Waals surface area contributed by atoms with Crippen LogP contribution in [0.15, 0.2) is 72.8 Å². The van der Waals surface area contributed by atoms with Crippen molar-refractivity contribution >= 4 is 10.8 Å². The molecule has 0 spiro atoms. The molecule has 4 rings (SSSR count). The smallest absolute Gasteiger partial charge is 0.134 e. The number of rotatable bonds is 6. The summed E-state index contributed by atoms with van der Waals surface area (Å²) in [7, 11) is 1.56. The minimum atomic E-state index is -0.579. The molecule has 0 saturated carbocycles. The van der Waals surface area contributed by atoms with Gasteiger partial charge in [0.1, 0.15) is 17.4 Å². The summed E-state index contributed by atoms with van der Waals surface area (Å²) in [6.07, 6.45) is 3.40. The fourth-order valence-corrected chi connectivity index (χ4v) is 3.78. The molecular formula is C27H24F2O. The quantitative estimate of drug-likeness (QED) is 0.320. The van der Waals surface area contributed by atoms with Gasteiger partial charge in [0.05, 0.1) is 12.7 Å². The number of fused-ring (bicyclic) bond motifs is 1. The largest absolute Gasteiger partial charge is 0.497 e. The third-order valence-electron chi connectivity index (χ3n) is 5.48. The Bertz CT molecular complexity index is 1160. The first-order chi connectivity index (χ1) is 14.6. The van der Waals surface area contributed by atoms with Gasteiger partial charge in [-0.3, -0.25) is 0 Å². The van der Waals surface area contributed by atoms with Crippen LogP contribution >= 0.6 is 0 Å². The number of unbranched alkanes of at least 4 members (excludes halogenated alkanes) is 1. The summed E-state index contributed by atoms with van der Waals surface area (Å²) in [4.78, 5) is 0. The van der Waals surface area contributed by atoms with Crippen LogP contribution < -0.4 is 4.74 Å². The molecule has 0 bridgehead atoms. The molecular weight excluding hydrogens is 378 g/mol. The second-order valence-electron chi connectivity index (χ2n) is 7.54. The number of hydrogen-bond acceptors (Lipinski definition) is 1. The van der Waals surface area contributed by atoms with Gasteiger partial charge in [-0.05, 0) is 76.2 Å². The molecule has 0 heterocycles. The van der Waals surface area contributed by atoms with E-state index < -0.39 is 11.6 Å². The summed E-state index contributed by atoms with van der Waals surface area (Å²) in [5.74, 6) is -0.513. The van der Waals surface area contributed by atoms with Crippen molar-refractivity contribution in [3.05, 3.63) is 90.0 Å². The molecule has 0 N–H and O–H groups in total. The fraction of sp³-hybridized carbons (Fsp3) is 0.185. The number of benzene rings is 4. The molecule has 0 unspecified atom stereocenters. The maximum absolute atomic E-state index is 14.9. The molecule has 0 atom stereocenters. The molecule has 0 saturated heterocycles. The highest BCUT2D eigenvalue weighted by Crippen LogP contribution is 2.33. The SMILES string of the molecule is CCCCc1ccc2cc(-c3cc(F)c(-c4ccc(OC)cc4)c(F)c3)ccc2c1. The van der Waals surface area contributed by atoms with Gasteiger partial charge in [-0.25, -0.2) is 8.78 Å². The van der Waals surface area contributed by atoms with E-state index in [0.717, 1.165) is 22.8 Å². The summed E-state index contributed by atoms with van der Waals surface area (Å²) < 4.78 is 34.9. The van der Waals surface area contributed by atoms with Gasteiger partial charge in [0, 0.05) is 0 Å². The summed E-state index contributed by atoms with van der Waals surface area (Å²) in [6.45, 7) is 2.19. The summed E-state index contributed by atoms with van der Waals surface area (Å²) in [5, 5.41) is 2.20. The van der Waals surface area contributed by atoms with Crippen molar-refractivity contribution in [3.63, 3.8) is 0 Å². The second-order valence-corrected chi connectivity index (χ2v) is 7.54. The first kappa shape index (κ1) is 20.1. The lowest BCUT2D eigenvalue weighted by molar-refractivity contribution is 0.415. The molecule has 0 amide bonds. The molecule has 0 aromatic heterocycles. The van der Waals surface area contributed by atoms with E-state index in [0.29, 0.717) is 16.9 Å². The molecule has 3 heteroatoms. The van der Waals surface area contributed by atoms with Crippen molar-refractivity contribution < 1.29 is 13.5 Å². The van der Waals surface area contributed by atoms with E-state index in [2.05, 4.69) is 25.1 Å². The molecule has 0 fully saturated rings. The summed E-state index contributed by atoms with van der Waals surface area (Å²) >= 11 is 0. The molecule has 152 valence electrons. The third kappa shape index (κ3) is 4.06. The topological polar surface area (TPSA) is 9.23 Å². The van der Waals surface area contributed by atoms with E-state index in [1.54, 1.807) is 31.4 Å². The van der Waals surface area contributed by atoms with Crippen LogP contribution in [0.2, 0.25) is 0 Å². The fourth-order valence-electron chi connectivity index (χ4n) is 3.78. The first-order valence-corrected chi connectivity index (χ1v) is 10.3. The Balaban J connectivity index is 1.69. The Morgan fingerprint density at radius 1 is 0.700 bits per heavy atom. The van der Waals surface area contributed by atoms with Crippen molar-refractivity contribution in [2.75, 3.05) is 7.11 Å². The van der Waals surface area contributed by atoms with E-state index in [9.17, 15) is 8.78 Å². The van der Waals surface area contributed by atoms with Crippen LogP contribution in [0.1, 0.15) is 25.3 Å². The van der Waals surface area contributed by atoms with Crippen molar-refractivity contribution in [2.45, 2.75) is 26.2 Å². The second kappa shape index (κ2) is 8.66. The minimum absolute atomic E-state index is 0.0252. The van der Waals surface area contributed by atoms with E-state index in [1.807, 2.05) is 18.2 Å². The van der Waals surface area contributed by atoms with E-state index in [1.165, 1.54) is 30.5 Å². The first-order valence-electron chi connectivity index (χ1n) is 10.3. The van der Waals surface area contributed by atoms with Crippen LogP contribution in [-0.2, 0) is 6.42 Å². The standard InChI is InChI=1S/C27H24F2O/c1-3-4-5-18-6-7-21-15-22(9-8-20(21)14-18)23-16-25(28)27(26(29)17-23)19-10-12-24(30-2)13-11-19/h6-17H,3-5H2,1-2H3. The van der Waals surface area contributed by atoms with Gasteiger partial charge >= 0.3 is 0 Å². The van der Waals surface area contributed by atoms with Crippen LogP contribution in [0.3, 0.4) is 0 Å². The van der Waals surface area contributed by atoms with Crippen LogP contribution in [0.5, 0.6) is 5.75 Å². The number of hydrogen-bond donors (Lipinski definition) is 0. The Morgan fingerprint density at radius 2 is 1.33 bits per heavy atom. The summed E-state index contributed by atoms with van der Waals surface area (Å²) in [5.41, 5.74) is 3.10. The number of ether oxygens (including phenoxy) is 1. The van der Waals surface area contributed by atoms with E-state index in [-0.39, 0.29) is 5.56 Å². The van der Waals surface area contributed by atoms with Crippen molar-refractivity contribution in [1.82, 2.24) is 0 Å². The summed E-state index contributed by atoms with van der Waals surface area (Å²) in [6, 6.07) is 21.9. The molecule has 0 radical (unpaired) electrons. The predicted octanol–water partition coefficient (Wildman–Crippen LogP) is 7.80. The average molecular weight is 402 g/mol. The van der Waals surface area contributed by atoms with Gasteiger partial charge in [0.2, 0.25) is 0 Å². The van der Waals surface area contributed by atoms with Gasteiger partial charge in [-0.15, -0.1) is 0 Å². The zero-order chi connectivity index (χ0) is 21.1. The molecule has 4 aromatic carbocycles. The highest BCUT2D eigenvalue weighted by molar-refractivity contribution is 5.88. The molecule has 0 aliphatic carbocycles. The lowest BCUT2D eigenvalue weighted by Crippen LogP contribution is -1.93. The number of halogens is 2. The Morgan fingerprint density at radius 3 is 2.00 bits per heavy atom. The molecule has 1 nitrogen and oxygen atoms in total. The highest BCUT2D eigenvalue weighted by Gasteiger charge is 2.14. The van der Waals surface area contributed by atoms with Crippen LogP contribution in [0.4, 0.5) is 8.78 Å². The Labute approximate surface area is 175 Å². The lowest BCUT2D eigenvalue weighted by atomic mass is 9.96. The third-order valence-corrected chi connectivity index (χ3v) is 5.48. The van der Waals surface area contributed by atoms with Gasteiger partial charge in [-0.1, -0.05) is 55.8 Å². The highest BCUT2D eigenvalue weighted by atomic mass is 19.1. The lowest BCUT2D eigenvalue weighted by Gasteiger charge is -2.11. The number of methoxy groups -OCH3 is 1. The Hall–Kier alpha value is -3.20. The monoisotopic (exact) mass is 402 g/mol. The molecule has 4 aromatic rings. The van der Waals surface area contributed by atoms with Crippen LogP contribution in [0, 0.1) is 11.6 Å². The van der Waals surface area contributed by atoms with Gasteiger partial charge < -0.3 is 4.74 Å². The molecule has 30 heavy (non-hydrogen) atoms. The number of aryl methyl sites for hydroxylation is 1. The van der Waals surface area contributed by atoms with Gasteiger partial charge in [0.25, 0.3) is 0 Å². The Kier molecular flexibility index (Phi) is 5.80. The minimum Gasteiger partial charge on any atom is -0.497 e. The zero-order valence-electron chi connectivity index (χ0n) is 17.2. The predicted molar refractivity (Wildman–Crippen MR) is 120 cm³/mol. The van der Waals surface area contributed by atoms with Crippen molar-refractivity contribution in [1.29, 1.82) is 0 Å². The van der Waals surface area contributed by atoms with Crippen LogP contribution in [0.25, 0.3) is 33.0 Å². The van der Waals surface area contributed by atoms with Crippen molar-refractivity contribution in [2.24, 2.45) is 0 Å². The maximum atomic E-state index is 14.9.